The van der Waals surface area contributed by atoms with Crippen LogP contribution in [0.4, 0.5) is 0 Å². The first-order chi connectivity index (χ1) is 9.86. The Hall–Kier alpha value is -1.49. The molecular formula is C16H21N3O. The summed E-state index contributed by atoms with van der Waals surface area (Å²) in [5, 5.41) is 10.2. The van der Waals surface area contributed by atoms with Crippen molar-refractivity contribution < 1.29 is 5.11 Å². The Balaban J connectivity index is 1.68. The van der Waals surface area contributed by atoms with Crippen LogP contribution in [-0.2, 0) is 6.54 Å². The zero-order chi connectivity index (χ0) is 13.8. The van der Waals surface area contributed by atoms with Gasteiger partial charge in [-0.25, -0.2) is 0 Å². The van der Waals surface area contributed by atoms with Gasteiger partial charge in [-0.1, -0.05) is 18.2 Å². The topological polar surface area (TPSA) is 39.6 Å². The summed E-state index contributed by atoms with van der Waals surface area (Å²) in [5.74, 6) is 0. The van der Waals surface area contributed by atoms with Gasteiger partial charge in [0.1, 0.15) is 0 Å². The highest BCUT2D eigenvalue weighted by molar-refractivity contribution is 5.81. The molecule has 1 aliphatic rings. The fourth-order valence-electron chi connectivity index (χ4n) is 2.85. The normalized spacial score (nSPS) is 17.6. The standard InChI is InChI=1S/C16H21N3O/c20-12-11-18-7-9-19(10-8-18)13-14-5-6-17-16-4-2-1-3-15(14)16/h1-6,20H,7-13H2. The van der Waals surface area contributed by atoms with E-state index in [1.165, 1.54) is 10.9 Å². The van der Waals surface area contributed by atoms with E-state index < -0.39 is 0 Å². The molecular weight excluding hydrogens is 250 g/mol. The van der Waals surface area contributed by atoms with Crippen LogP contribution in [-0.4, -0.2) is 59.2 Å². The third-order valence-corrected chi connectivity index (χ3v) is 4.01. The summed E-state index contributed by atoms with van der Waals surface area (Å²) in [6.07, 6.45) is 1.90. The van der Waals surface area contributed by atoms with Crippen LogP contribution in [0, 0.1) is 0 Å². The number of rotatable bonds is 4. The van der Waals surface area contributed by atoms with E-state index >= 15 is 0 Å². The van der Waals surface area contributed by atoms with Crippen molar-refractivity contribution in [2.45, 2.75) is 6.54 Å². The highest BCUT2D eigenvalue weighted by Gasteiger charge is 2.16. The first kappa shape index (κ1) is 13.5. The molecule has 2 heterocycles. The summed E-state index contributed by atoms with van der Waals surface area (Å²) < 4.78 is 0. The van der Waals surface area contributed by atoms with Crippen molar-refractivity contribution in [3.8, 4) is 0 Å². The maximum Gasteiger partial charge on any atom is 0.0705 e. The van der Waals surface area contributed by atoms with Crippen LogP contribution < -0.4 is 0 Å². The number of fused-ring (bicyclic) bond motifs is 1. The number of hydrogen-bond acceptors (Lipinski definition) is 4. The van der Waals surface area contributed by atoms with Gasteiger partial charge in [0.15, 0.2) is 0 Å². The molecule has 4 heteroatoms. The molecule has 0 unspecified atom stereocenters. The summed E-state index contributed by atoms with van der Waals surface area (Å²) in [6, 6.07) is 10.5. The average Bonchev–Trinajstić information content (AvgIpc) is 2.50. The van der Waals surface area contributed by atoms with Gasteiger partial charge in [0.2, 0.25) is 0 Å². The number of pyridine rings is 1. The highest BCUT2D eigenvalue weighted by atomic mass is 16.3. The molecule has 20 heavy (non-hydrogen) atoms. The molecule has 0 spiro atoms. The second kappa shape index (κ2) is 6.31. The molecule has 106 valence electrons. The second-order valence-electron chi connectivity index (χ2n) is 5.33. The van der Waals surface area contributed by atoms with Crippen molar-refractivity contribution in [3.05, 3.63) is 42.1 Å². The van der Waals surface area contributed by atoms with Crippen molar-refractivity contribution >= 4 is 10.9 Å². The van der Waals surface area contributed by atoms with Crippen molar-refractivity contribution in [1.29, 1.82) is 0 Å². The minimum Gasteiger partial charge on any atom is -0.395 e. The zero-order valence-corrected chi connectivity index (χ0v) is 11.7. The van der Waals surface area contributed by atoms with E-state index in [4.69, 9.17) is 5.11 Å². The number of benzene rings is 1. The van der Waals surface area contributed by atoms with Crippen LogP contribution >= 0.6 is 0 Å². The SMILES string of the molecule is OCCN1CCN(Cc2ccnc3ccccc23)CC1. The number of β-amino-alcohol motifs (C(OH)–C–C–N with tert-alkyl or cyclic N) is 1. The molecule has 1 aliphatic heterocycles. The van der Waals surface area contributed by atoms with E-state index in [0.717, 1.165) is 44.8 Å². The Morgan fingerprint density at radius 3 is 2.55 bits per heavy atom. The molecule has 0 bridgehead atoms. The lowest BCUT2D eigenvalue weighted by molar-refractivity contribution is 0.109. The molecule has 2 aromatic rings. The fourth-order valence-corrected chi connectivity index (χ4v) is 2.85. The van der Waals surface area contributed by atoms with Crippen LogP contribution in [0.1, 0.15) is 5.56 Å². The second-order valence-corrected chi connectivity index (χ2v) is 5.33. The lowest BCUT2D eigenvalue weighted by Gasteiger charge is -2.34. The summed E-state index contributed by atoms with van der Waals surface area (Å²) in [4.78, 5) is 9.22. The Morgan fingerprint density at radius 1 is 1.00 bits per heavy atom. The molecule has 1 saturated heterocycles. The number of aromatic nitrogens is 1. The van der Waals surface area contributed by atoms with E-state index in [1.54, 1.807) is 0 Å². The molecule has 1 aromatic carbocycles. The third kappa shape index (κ3) is 2.98. The Morgan fingerprint density at radius 2 is 1.75 bits per heavy atom. The predicted molar refractivity (Wildman–Crippen MR) is 80.5 cm³/mol. The summed E-state index contributed by atoms with van der Waals surface area (Å²) in [7, 11) is 0. The van der Waals surface area contributed by atoms with Crippen LogP contribution in [0.25, 0.3) is 10.9 Å². The molecule has 0 aliphatic carbocycles. The van der Waals surface area contributed by atoms with Gasteiger partial charge in [-0.2, -0.15) is 0 Å². The minimum absolute atomic E-state index is 0.259. The molecule has 0 saturated carbocycles. The fraction of sp³-hybridized carbons (Fsp3) is 0.438. The number of aliphatic hydroxyl groups is 1. The highest BCUT2D eigenvalue weighted by Crippen LogP contribution is 2.18. The number of aliphatic hydroxyl groups excluding tert-OH is 1. The number of nitrogens with zero attached hydrogens (tertiary/aromatic N) is 3. The van der Waals surface area contributed by atoms with Gasteiger partial charge in [-0.15, -0.1) is 0 Å². The van der Waals surface area contributed by atoms with Crippen molar-refractivity contribution in [2.75, 3.05) is 39.3 Å². The smallest absolute Gasteiger partial charge is 0.0705 e. The van der Waals surface area contributed by atoms with Crippen molar-refractivity contribution in [3.63, 3.8) is 0 Å². The van der Waals surface area contributed by atoms with Gasteiger partial charge in [-0.05, 0) is 17.7 Å². The number of hydrogen-bond donors (Lipinski definition) is 1. The largest absolute Gasteiger partial charge is 0.395 e. The number of para-hydroxylation sites is 1. The van der Waals surface area contributed by atoms with E-state index in [2.05, 4.69) is 39.0 Å². The lowest BCUT2D eigenvalue weighted by Crippen LogP contribution is -2.46. The number of piperazine rings is 1. The minimum atomic E-state index is 0.259. The molecule has 1 aromatic heterocycles. The molecule has 1 fully saturated rings. The van der Waals surface area contributed by atoms with Gasteiger partial charge in [0, 0.05) is 50.9 Å². The summed E-state index contributed by atoms with van der Waals surface area (Å²) in [6.45, 7) is 6.26. The van der Waals surface area contributed by atoms with E-state index in [-0.39, 0.29) is 6.61 Å². The summed E-state index contributed by atoms with van der Waals surface area (Å²) in [5.41, 5.74) is 2.43. The average molecular weight is 271 g/mol. The predicted octanol–water partition coefficient (Wildman–Crippen LogP) is 1.34. The van der Waals surface area contributed by atoms with Gasteiger partial charge in [-0.3, -0.25) is 14.8 Å². The van der Waals surface area contributed by atoms with Gasteiger partial charge >= 0.3 is 0 Å². The van der Waals surface area contributed by atoms with Crippen LogP contribution in [0.2, 0.25) is 0 Å². The first-order valence-corrected chi connectivity index (χ1v) is 7.25. The molecule has 1 N–H and O–H groups in total. The lowest BCUT2D eigenvalue weighted by atomic mass is 10.1. The first-order valence-electron chi connectivity index (χ1n) is 7.25. The Kier molecular flexibility index (Phi) is 4.25. The molecule has 0 amide bonds. The van der Waals surface area contributed by atoms with Gasteiger partial charge < -0.3 is 5.11 Å². The van der Waals surface area contributed by atoms with Gasteiger partial charge in [0.25, 0.3) is 0 Å². The maximum atomic E-state index is 8.98. The summed E-state index contributed by atoms with van der Waals surface area (Å²) >= 11 is 0. The van der Waals surface area contributed by atoms with E-state index in [0.29, 0.717) is 0 Å². The Bertz CT molecular complexity index is 559. The van der Waals surface area contributed by atoms with E-state index in [1.807, 2.05) is 12.3 Å². The van der Waals surface area contributed by atoms with Gasteiger partial charge in [0.05, 0.1) is 12.1 Å². The zero-order valence-electron chi connectivity index (χ0n) is 11.7. The molecule has 0 atom stereocenters. The molecule has 0 radical (unpaired) electrons. The quantitative estimate of drug-likeness (QED) is 0.911. The van der Waals surface area contributed by atoms with Crippen LogP contribution in [0.5, 0.6) is 0 Å². The van der Waals surface area contributed by atoms with Crippen LogP contribution in [0.15, 0.2) is 36.5 Å². The third-order valence-electron chi connectivity index (χ3n) is 4.01. The molecule has 4 nitrogen and oxygen atoms in total. The Labute approximate surface area is 119 Å². The van der Waals surface area contributed by atoms with E-state index in [9.17, 15) is 0 Å². The monoisotopic (exact) mass is 271 g/mol. The van der Waals surface area contributed by atoms with Crippen molar-refractivity contribution in [2.24, 2.45) is 0 Å². The van der Waals surface area contributed by atoms with Crippen molar-refractivity contribution in [1.82, 2.24) is 14.8 Å². The molecule has 3 rings (SSSR count). The van der Waals surface area contributed by atoms with Crippen LogP contribution in [0.3, 0.4) is 0 Å². The maximum absolute atomic E-state index is 8.98.